The lowest BCUT2D eigenvalue weighted by atomic mass is 10.2. The van der Waals surface area contributed by atoms with Crippen molar-refractivity contribution < 1.29 is 9.90 Å². The van der Waals surface area contributed by atoms with Crippen LogP contribution >= 0.6 is 11.8 Å². The number of hydrogen-bond donors (Lipinski definition) is 1. The fourth-order valence-electron chi connectivity index (χ4n) is 1.13. The van der Waals surface area contributed by atoms with Gasteiger partial charge in [-0.05, 0) is 18.2 Å². The zero-order valence-electron chi connectivity index (χ0n) is 8.78. The van der Waals surface area contributed by atoms with Crippen molar-refractivity contribution in [3.05, 3.63) is 48.0 Å². The van der Waals surface area contributed by atoms with Crippen molar-refractivity contribution in [3.8, 4) is 0 Å². The Kier molecular flexibility index (Phi) is 3.66. The summed E-state index contributed by atoms with van der Waals surface area (Å²) in [6.07, 6.45) is 4.71. The number of hydrogen-bond acceptors (Lipinski definition) is 5. The number of aromatic nitrogens is 3. The lowest BCUT2D eigenvalue weighted by Gasteiger charge is -2.00. The third-order valence-corrected chi connectivity index (χ3v) is 2.87. The highest BCUT2D eigenvalue weighted by Gasteiger charge is 2.03. The molecule has 6 heteroatoms. The largest absolute Gasteiger partial charge is 0.478 e. The zero-order valence-corrected chi connectivity index (χ0v) is 9.59. The molecule has 86 valence electrons. The molecule has 1 N–H and O–H groups in total. The summed E-state index contributed by atoms with van der Waals surface area (Å²) in [5, 5.41) is 9.40. The average Bonchev–Trinajstić information content (AvgIpc) is 2.38. The van der Waals surface area contributed by atoms with Gasteiger partial charge in [-0.2, -0.15) is 0 Å². The number of rotatable bonds is 4. The molecule has 0 aliphatic carbocycles. The molecule has 2 heterocycles. The minimum atomic E-state index is -0.969. The summed E-state index contributed by atoms with van der Waals surface area (Å²) >= 11 is 1.46. The molecule has 0 atom stereocenters. The normalized spacial score (nSPS) is 10.1. The lowest BCUT2D eigenvalue weighted by molar-refractivity contribution is 0.0696. The van der Waals surface area contributed by atoms with Crippen LogP contribution in [0.5, 0.6) is 0 Å². The Balaban J connectivity index is 1.98. The van der Waals surface area contributed by atoms with E-state index in [9.17, 15) is 4.79 Å². The van der Waals surface area contributed by atoms with Crippen molar-refractivity contribution >= 4 is 17.7 Å². The van der Waals surface area contributed by atoms with Crippen LogP contribution in [0, 0.1) is 0 Å². The van der Waals surface area contributed by atoms with E-state index in [0.717, 1.165) is 5.69 Å². The maximum Gasteiger partial charge on any atom is 0.337 e. The highest BCUT2D eigenvalue weighted by atomic mass is 32.2. The van der Waals surface area contributed by atoms with Gasteiger partial charge in [0.25, 0.3) is 0 Å². The fourth-order valence-corrected chi connectivity index (χ4v) is 1.85. The summed E-state index contributed by atoms with van der Waals surface area (Å²) in [6, 6.07) is 4.99. The molecule has 0 saturated heterocycles. The van der Waals surface area contributed by atoms with Crippen molar-refractivity contribution in [2.75, 3.05) is 0 Å². The van der Waals surface area contributed by atoms with Crippen molar-refractivity contribution in [2.45, 2.75) is 10.9 Å². The summed E-state index contributed by atoms with van der Waals surface area (Å²) in [6.45, 7) is 0. The van der Waals surface area contributed by atoms with E-state index in [1.807, 2.05) is 0 Å². The van der Waals surface area contributed by atoms with E-state index in [-0.39, 0.29) is 5.56 Å². The Morgan fingerprint density at radius 3 is 2.59 bits per heavy atom. The summed E-state index contributed by atoms with van der Waals surface area (Å²) < 4.78 is 0. The number of aromatic carboxylic acids is 1. The van der Waals surface area contributed by atoms with E-state index in [4.69, 9.17) is 5.11 Å². The summed E-state index contributed by atoms with van der Waals surface area (Å²) in [5.74, 6) is -0.354. The molecule has 0 unspecified atom stereocenters. The maximum atomic E-state index is 10.6. The molecule has 2 rings (SSSR count). The third kappa shape index (κ3) is 3.25. The second-order valence-electron chi connectivity index (χ2n) is 3.16. The Morgan fingerprint density at radius 1 is 1.24 bits per heavy atom. The van der Waals surface area contributed by atoms with Gasteiger partial charge in [0.05, 0.1) is 11.3 Å². The van der Waals surface area contributed by atoms with Crippen LogP contribution in [0.15, 0.2) is 41.9 Å². The Hall–Kier alpha value is -1.95. The second kappa shape index (κ2) is 5.40. The minimum absolute atomic E-state index is 0.190. The van der Waals surface area contributed by atoms with E-state index in [1.54, 1.807) is 24.5 Å². The van der Waals surface area contributed by atoms with Gasteiger partial charge < -0.3 is 5.11 Å². The Bertz CT molecular complexity index is 502. The molecule has 2 aromatic heterocycles. The maximum absolute atomic E-state index is 10.6. The molecule has 0 bridgehead atoms. The molecule has 0 aliphatic rings. The summed E-state index contributed by atoms with van der Waals surface area (Å²) in [5.41, 5.74) is 0.988. The second-order valence-corrected chi connectivity index (χ2v) is 4.11. The average molecular weight is 247 g/mol. The first-order valence-corrected chi connectivity index (χ1v) is 5.82. The van der Waals surface area contributed by atoms with Crippen LogP contribution < -0.4 is 0 Å². The number of thioether (sulfide) groups is 1. The van der Waals surface area contributed by atoms with Crippen LogP contribution in [0.2, 0.25) is 0 Å². The summed E-state index contributed by atoms with van der Waals surface area (Å²) in [7, 11) is 0. The van der Waals surface area contributed by atoms with E-state index >= 15 is 0 Å². The quantitative estimate of drug-likeness (QED) is 0.656. The highest BCUT2D eigenvalue weighted by Crippen LogP contribution is 2.16. The summed E-state index contributed by atoms with van der Waals surface area (Å²) in [4.78, 5) is 22.8. The molecule has 2 aromatic rings. The standard InChI is InChI=1S/C11H9N3O2S/c15-10(16)8-2-3-9(14-6-8)7-17-11-12-4-1-5-13-11/h1-6H,7H2,(H,15,16). The number of carboxylic acids is 1. The molecule has 0 aliphatic heterocycles. The van der Waals surface area contributed by atoms with Crippen LogP contribution in [0.4, 0.5) is 0 Å². The van der Waals surface area contributed by atoms with E-state index in [0.29, 0.717) is 10.9 Å². The molecule has 17 heavy (non-hydrogen) atoms. The van der Waals surface area contributed by atoms with Crippen LogP contribution in [-0.2, 0) is 5.75 Å². The van der Waals surface area contributed by atoms with E-state index < -0.39 is 5.97 Å². The molecule has 0 saturated carbocycles. The van der Waals surface area contributed by atoms with Gasteiger partial charge in [0.2, 0.25) is 0 Å². The molecular weight excluding hydrogens is 238 g/mol. The molecule has 0 amide bonds. The molecule has 0 radical (unpaired) electrons. The molecule has 0 fully saturated rings. The van der Waals surface area contributed by atoms with Crippen LogP contribution in [0.25, 0.3) is 0 Å². The van der Waals surface area contributed by atoms with Crippen molar-refractivity contribution in [1.29, 1.82) is 0 Å². The number of pyridine rings is 1. The van der Waals surface area contributed by atoms with Gasteiger partial charge in [-0.15, -0.1) is 0 Å². The third-order valence-electron chi connectivity index (χ3n) is 1.96. The molecule has 0 spiro atoms. The molecule has 5 nitrogen and oxygen atoms in total. The smallest absolute Gasteiger partial charge is 0.337 e. The van der Waals surface area contributed by atoms with Crippen molar-refractivity contribution in [2.24, 2.45) is 0 Å². The predicted octanol–water partition coefficient (Wildman–Crippen LogP) is 1.86. The molecule has 0 aromatic carbocycles. The first-order chi connectivity index (χ1) is 8.25. The number of nitrogens with zero attached hydrogens (tertiary/aromatic N) is 3. The van der Waals surface area contributed by atoms with Crippen LogP contribution in [0.3, 0.4) is 0 Å². The van der Waals surface area contributed by atoms with Gasteiger partial charge in [0, 0.05) is 24.3 Å². The first-order valence-electron chi connectivity index (χ1n) is 4.84. The first kappa shape index (κ1) is 11.5. The van der Waals surface area contributed by atoms with Gasteiger partial charge >= 0.3 is 5.97 Å². The Morgan fingerprint density at radius 2 is 2.00 bits per heavy atom. The van der Waals surface area contributed by atoms with Gasteiger partial charge in [-0.3, -0.25) is 4.98 Å². The SMILES string of the molecule is O=C(O)c1ccc(CSc2ncccn2)nc1. The minimum Gasteiger partial charge on any atom is -0.478 e. The zero-order chi connectivity index (χ0) is 12.1. The van der Waals surface area contributed by atoms with Gasteiger partial charge in [0.1, 0.15) is 0 Å². The monoisotopic (exact) mass is 247 g/mol. The highest BCUT2D eigenvalue weighted by molar-refractivity contribution is 7.98. The Labute approximate surface area is 102 Å². The van der Waals surface area contributed by atoms with Crippen molar-refractivity contribution in [1.82, 2.24) is 15.0 Å². The van der Waals surface area contributed by atoms with Crippen LogP contribution in [0.1, 0.15) is 16.1 Å². The number of carbonyl (C=O) groups is 1. The lowest BCUT2D eigenvalue weighted by Crippen LogP contribution is -1.98. The topological polar surface area (TPSA) is 76.0 Å². The van der Waals surface area contributed by atoms with Crippen LogP contribution in [-0.4, -0.2) is 26.0 Å². The molecular formula is C11H9N3O2S. The van der Waals surface area contributed by atoms with Gasteiger partial charge in [-0.25, -0.2) is 14.8 Å². The fraction of sp³-hybridized carbons (Fsp3) is 0.0909. The van der Waals surface area contributed by atoms with E-state index in [1.165, 1.54) is 24.0 Å². The number of carboxylic acid groups (broad SMARTS) is 1. The van der Waals surface area contributed by atoms with Gasteiger partial charge in [-0.1, -0.05) is 11.8 Å². The van der Waals surface area contributed by atoms with Gasteiger partial charge in [0.15, 0.2) is 5.16 Å². The predicted molar refractivity (Wildman–Crippen MR) is 62.8 cm³/mol. The van der Waals surface area contributed by atoms with Crippen molar-refractivity contribution in [3.63, 3.8) is 0 Å². The van der Waals surface area contributed by atoms with E-state index in [2.05, 4.69) is 15.0 Å².